The highest BCUT2D eigenvalue weighted by molar-refractivity contribution is 6.00. The van der Waals surface area contributed by atoms with Gasteiger partial charge in [0.1, 0.15) is 11.2 Å². The summed E-state index contributed by atoms with van der Waals surface area (Å²) in [6, 6.07) is 6.57. The standard InChI is InChI=1S/C16H19N3O5/c1-23-14(24-2)9-18(11-6-7-11)16(20)12-8-10-4-3-5-13(19(21)22)15(10)17-12/h3-5,8,11,14,17H,6-7,9H2,1-2H3. The van der Waals surface area contributed by atoms with Crippen molar-refractivity contribution in [2.24, 2.45) is 0 Å². The second-order valence-electron chi connectivity index (χ2n) is 5.77. The molecule has 8 nitrogen and oxygen atoms in total. The number of nitrogens with zero attached hydrogens (tertiary/aromatic N) is 2. The number of benzene rings is 1. The number of nitro benzene ring substituents is 1. The molecule has 0 saturated heterocycles. The number of hydrogen-bond donors (Lipinski definition) is 1. The molecule has 0 unspecified atom stereocenters. The fourth-order valence-electron chi connectivity index (χ4n) is 2.75. The number of nitro groups is 1. The molecule has 1 heterocycles. The lowest BCUT2D eigenvalue weighted by Gasteiger charge is -2.25. The molecule has 2 aromatic rings. The summed E-state index contributed by atoms with van der Waals surface area (Å²) < 4.78 is 10.4. The Morgan fingerprint density at radius 3 is 2.71 bits per heavy atom. The number of methoxy groups -OCH3 is 2. The van der Waals surface area contributed by atoms with Crippen molar-refractivity contribution >= 4 is 22.5 Å². The minimum atomic E-state index is -0.506. The van der Waals surface area contributed by atoms with Crippen LogP contribution in [0, 0.1) is 10.1 Å². The van der Waals surface area contributed by atoms with Crippen LogP contribution in [0.5, 0.6) is 0 Å². The number of H-pyrrole nitrogens is 1. The molecular weight excluding hydrogens is 314 g/mol. The highest BCUT2D eigenvalue weighted by Gasteiger charge is 2.35. The molecule has 1 aromatic heterocycles. The van der Waals surface area contributed by atoms with Gasteiger partial charge in [0.25, 0.3) is 11.6 Å². The maximum atomic E-state index is 12.9. The lowest BCUT2D eigenvalue weighted by molar-refractivity contribution is -0.383. The number of amides is 1. The summed E-state index contributed by atoms with van der Waals surface area (Å²) in [5.74, 6) is -0.206. The molecule has 1 aliphatic rings. The molecule has 3 rings (SSSR count). The third kappa shape index (κ3) is 3.10. The molecule has 0 bridgehead atoms. The zero-order valence-corrected chi connectivity index (χ0v) is 13.5. The maximum Gasteiger partial charge on any atom is 0.293 e. The highest BCUT2D eigenvalue weighted by atomic mass is 16.7. The van der Waals surface area contributed by atoms with E-state index in [9.17, 15) is 14.9 Å². The Morgan fingerprint density at radius 1 is 1.42 bits per heavy atom. The van der Waals surface area contributed by atoms with Crippen LogP contribution in [0.15, 0.2) is 24.3 Å². The molecule has 1 amide bonds. The Morgan fingerprint density at radius 2 is 2.12 bits per heavy atom. The summed E-state index contributed by atoms with van der Waals surface area (Å²) in [7, 11) is 3.05. The van der Waals surface area contributed by atoms with Gasteiger partial charge in [-0.05, 0) is 18.9 Å². The van der Waals surface area contributed by atoms with Gasteiger partial charge in [-0.2, -0.15) is 0 Å². The second kappa shape index (κ2) is 6.58. The number of carbonyl (C=O) groups excluding carboxylic acids is 1. The molecule has 1 aromatic carbocycles. The molecule has 1 N–H and O–H groups in total. The number of hydrogen-bond acceptors (Lipinski definition) is 5. The summed E-state index contributed by atoms with van der Waals surface area (Å²) in [4.78, 5) is 28.1. The first-order chi connectivity index (χ1) is 11.5. The van der Waals surface area contributed by atoms with E-state index >= 15 is 0 Å². The van der Waals surface area contributed by atoms with E-state index in [-0.39, 0.29) is 17.6 Å². The van der Waals surface area contributed by atoms with Gasteiger partial charge < -0.3 is 19.4 Å². The van der Waals surface area contributed by atoms with E-state index in [1.54, 1.807) is 23.1 Å². The second-order valence-corrected chi connectivity index (χ2v) is 5.77. The van der Waals surface area contributed by atoms with Crippen molar-refractivity contribution in [2.75, 3.05) is 20.8 Å². The van der Waals surface area contributed by atoms with E-state index in [0.717, 1.165) is 12.8 Å². The van der Waals surface area contributed by atoms with Gasteiger partial charge in [-0.1, -0.05) is 12.1 Å². The SMILES string of the molecule is COC(CN(C(=O)c1cc2cccc([N+](=O)[O-])c2[nH]1)C1CC1)OC. The monoisotopic (exact) mass is 333 g/mol. The fraction of sp³-hybridized carbons (Fsp3) is 0.438. The van der Waals surface area contributed by atoms with Crippen molar-refractivity contribution in [3.8, 4) is 0 Å². The third-order valence-corrected chi connectivity index (χ3v) is 4.18. The lowest BCUT2D eigenvalue weighted by atomic mass is 10.2. The van der Waals surface area contributed by atoms with Crippen molar-refractivity contribution in [1.29, 1.82) is 0 Å². The van der Waals surface area contributed by atoms with Crippen LogP contribution in [-0.4, -0.2) is 53.8 Å². The van der Waals surface area contributed by atoms with Crippen LogP contribution in [0.4, 0.5) is 5.69 Å². The number of para-hydroxylation sites is 1. The molecule has 0 spiro atoms. The zero-order chi connectivity index (χ0) is 17.3. The number of aromatic amines is 1. The number of aromatic nitrogens is 1. The number of fused-ring (bicyclic) bond motifs is 1. The third-order valence-electron chi connectivity index (χ3n) is 4.18. The average molecular weight is 333 g/mol. The summed E-state index contributed by atoms with van der Waals surface area (Å²) in [6.07, 6.45) is 1.37. The predicted octanol–water partition coefficient (Wildman–Crippen LogP) is 2.30. The van der Waals surface area contributed by atoms with Crippen LogP contribution in [-0.2, 0) is 9.47 Å². The smallest absolute Gasteiger partial charge is 0.293 e. The van der Waals surface area contributed by atoms with Gasteiger partial charge in [0.05, 0.1) is 11.5 Å². The first-order valence-corrected chi connectivity index (χ1v) is 7.67. The summed E-state index contributed by atoms with van der Waals surface area (Å²) >= 11 is 0. The first-order valence-electron chi connectivity index (χ1n) is 7.67. The van der Waals surface area contributed by atoms with E-state index < -0.39 is 11.2 Å². The van der Waals surface area contributed by atoms with Crippen LogP contribution in [0.25, 0.3) is 10.9 Å². The van der Waals surface area contributed by atoms with Crippen molar-refractivity contribution in [1.82, 2.24) is 9.88 Å². The van der Waals surface area contributed by atoms with Crippen molar-refractivity contribution in [3.05, 3.63) is 40.1 Å². The predicted molar refractivity (Wildman–Crippen MR) is 86.8 cm³/mol. The molecule has 0 atom stereocenters. The topological polar surface area (TPSA) is 97.7 Å². The van der Waals surface area contributed by atoms with Crippen molar-refractivity contribution in [2.45, 2.75) is 25.2 Å². The molecule has 1 saturated carbocycles. The van der Waals surface area contributed by atoms with E-state index in [1.807, 2.05) is 0 Å². The zero-order valence-electron chi connectivity index (χ0n) is 13.5. The largest absolute Gasteiger partial charge is 0.354 e. The van der Waals surface area contributed by atoms with Crippen LogP contribution in [0.3, 0.4) is 0 Å². The van der Waals surface area contributed by atoms with E-state index in [4.69, 9.17) is 9.47 Å². The molecule has 8 heteroatoms. The minimum absolute atomic E-state index is 0.0452. The van der Waals surface area contributed by atoms with Gasteiger partial charge in [-0.15, -0.1) is 0 Å². The Kier molecular flexibility index (Phi) is 4.50. The number of ether oxygens (including phenoxy) is 2. The Bertz CT molecular complexity index is 764. The molecule has 128 valence electrons. The van der Waals surface area contributed by atoms with Gasteiger partial charge in [0.15, 0.2) is 6.29 Å². The normalized spacial score (nSPS) is 14.3. The van der Waals surface area contributed by atoms with E-state index in [0.29, 0.717) is 23.1 Å². The van der Waals surface area contributed by atoms with Gasteiger partial charge in [-0.25, -0.2) is 0 Å². The number of rotatable bonds is 7. The molecular formula is C16H19N3O5. The molecule has 1 fully saturated rings. The summed E-state index contributed by atoms with van der Waals surface area (Å²) in [5.41, 5.74) is 0.643. The minimum Gasteiger partial charge on any atom is -0.354 e. The maximum absolute atomic E-state index is 12.9. The molecule has 1 aliphatic carbocycles. The van der Waals surface area contributed by atoms with Gasteiger partial charge in [-0.3, -0.25) is 14.9 Å². The number of carbonyl (C=O) groups is 1. The van der Waals surface area contributed by atoms with Crippen LogP contribution in [0.2, 0.25) is 0 Å². The average Bonchev–Trinajstić information content (AvgIpc) is 3.32. The Labute approximate surface area is 138 Å². The quantitative estimate of drug-likeness (QED) is 0.476. The van der Waals surface area contributed by atoms with Crippen LogP contribution >= 0.6 is 0 Å². The molecule has 24 heavy (non-hydrogen) atoms. The fourth-order valence-corrected chi connectivity index (χ4v) is 2.75. The van der Waals surface area contributed by atoms with E-state index in [2.05, 4.69) is 4.98 Å². The Balaban J connectivity index is 1.91. The number of nitrogens with one attached hydrogen (secondary N) is 1. The molecule has 0 radical (unpaired) electrons. The van der Waals surface area contributed by atoms with Crippen molar-refractivity contribution in [3.63, 3.8) is 0 Å². The van der Waals surface area contributed by atoms with Crippen molar-refractivity contribution < 1.29 is 19.2 Å². The van der Waals surface area contributed by atoms with Gasteiger partial charge in [0.2, 0.25) is 0 Å². The van der Waals surface area contributed by atoms with Crippen LogP contribution < -0.4 is 0 Å². The molecule has 0 aliphatic heterocycles. The van der Waals surface area contributed by atoms with Crippen LogP contribution in [0.1, 0.15) is 23.3 Å². The Hall–Kier alpha value is -2.45. The first kappa shape index (κ1) is 16.4. The van der Waals surface area contributed by atoms with Gasteiger partial charge >= 0.3 is 0 Å². The van der Waals surface area contributed by atoms with E-state index in [1.165, 1.54) is 20.3 Å². The summed E-state index contributed by atoms with van der Waals surface area (Å²) in [5, 5.41) is 11.8. The number of non-ortho nitro benzene ring substituents is 1. The highest BCUT2D eigenvalue weighted by Crippen LogP contribution is 2.30. The summed E-state index contributed by atoms with van der Waals surface area (Å²) in [6.45, 7) is 0.313. The lowest BCUT2D eigenvalue weighted by Crippen LogP contribution is -2.40. The van der Waals surface area contributed by atoms with Gasteiger partial charge in [0, 0.05) is 31.7 Å².